The monoisotopic (exact) mass is 242 g/mol. The number of alkyl halides is 1. The molecule has 0 spiro atoms. The van der Waals surface area contributed by atoms with Crippen molar-refractivity contribution in [3.05, 3.63) is 35.8 Å². The highest BCUT2D eigenvalue weighted by atomic mass is 79.9. The molecule has 0 saturated carbocycles. The van der Waals surface area contributed by atoms with Gasteiger partial charge in [0.1, 0.15) is 5.76 Å². The second-order valence-electron chi connectivity index (χ2n) is 2.81. The molecule has 1 nitrogen and oxygen atoms in total. The van der Waals surface area contributed by atoms with Gasteiger partial charge in [0.05, 0.1) is 0 Å². The molecule has 2 rings (SSSR count). The predicted octanol–water partition coefficient (Wildman–Crippen LogP) is 3.51. The molecule has 3 heteroatoms. The van der Waals surface area contributed by atoms with Crippen LogP contribution in [0.4, 0.5) is 4.39 Å². The molecule has 1 aromatic carbocycles. The molecule has 0 unspecified atom stereocenters. The van der Waals surface area contributed by atoms with Crippen LogP contribution in [-0.2, 0) is 6.42 Å². The Balaban J connectivity index is 2.55. The normalized spacial score (nSPS) is 10.9. The zero-order chi connectivity index (χ0) is 9.26. The van der Waals surface area contributed by atoms with Crippen molar-refractivity contribution >= 4 is 26.9 Å². The van der Waals surface area contributed by atoms with Crippen LogP contribution in [0.3, 0.4) is 0 Å². The Kier molecular flexibility index (Phi) is 2.36. The van der Waals surface area contributed by atoms with E-state index in [4.69, 9.17) is 4.42 Å². The van der Waals surface area contributed by atoms with Crippen molar-refractivity contribution < 1.29 is 8.81 Å². The lowest BCUT2D eigenvalue weighted by atomic mass is 10.2. The number of hydrogen-bond acceptors (Lipinski definition) is 1. The summed E-state index contributed by atoms with van der Waals surface area (Å²) in [6.07, 6.45) is 0.786. The highest BCUT2D eigenvalue weighted by Crippen LogP contribution is 2.22. The molecule has 0 fully saturated rings. The largest absolute Gasteiger partial charge is 0.458 e. The van der Waals surface area contributed by atoms with Gasteiger partial charge in [0.2, 0.25) is 0 Å². The van der Waals surface area contributed by atoms with Gasteiger partial charge in [-0.15, -0.1) is 0 Å². The number of aryl methyl sites for hydroxylation is 1. The third kappa shape index (κ3) is 1.61. The molecule has 0 atom stereocenters. The van der Waals surface area contributed by atoms with Gasteiger partial charge in [-0.25, -0.2) is 4.39 Å². The first-order valence-electron chi connectivity index (χ1n) is 4.04. The molecule has 1 heterocycles. The Bertz CT molecular complexity index is 422. The lowest BCUT2D eigenvalue weighted by Gasteiger charge is -1.89. The number of halogens is 2. The summed E-state index contributed by atoms with van der Waals surface area (Å²) in [5.74, 6) is 0.523. The minimum atomic E-state index is -0.293. The minimum Gasteiger partial charge on any atom is -0.458 e. The summed E-state index contributed by atoms with van der Waals surface area (Å²) in [4.78, 5) is 0. The smallest absolute Gasteiger partial charge is 0.169 e. The third-order valence-corrected chi connectivity index (χ3v) is 2.28. The Morgan fingerprint density at radius 2 is 2.23 bits per heavy atom. The molecule has 2 aromatic rings. The highest BCUT2D eigenvalue weighted by molar-refractivity contribution is 9.09. The van der Waals surface area contributed by atoms with Gasteiger partial charge in [0.25, 0.3) is 0 Å². The second-order valence-corrected chi connectivity index (χ2v) is 3.60. The van der Waals surface area contributed by atoms with Crippen molar-refractivity contribution in [3.8, 4) is 0 Å². The van der Waals surface area contributed by atoms with Crippen LogP contribution in [0.5, 0.6) is 0 Å². The summed E-state index contributed by atoms with van der Waals surface area (Å²) in [5.41, 5.74) is 0.360. The number of benzene rings is 1. The molecule has 0 aliphatic carbocycles. The lowest BCUT2D eigenvalue weighted by molar-refractivity contribution is 0.526. The van der Waals surface area contributed by atoms with Crippen molar-refractivity contribution in [1.82, 2.24) is 0 Å². The average Bonchev–Trinajstić information content (AvgIpc) is 2.49. The van der Waals surface area contributed by atoms with Crippen LogP contribution >= 0.6 is 15.9 Å². The first kappa shape index (κ1) is 8.75. The third-order valence-electron chi connectivity index (χ3n) is 1.89. The van der Waals surface area contributed by atoms with E-state index in [0.29, 0.717) is 5.58 Å². The lowest BCUT2D eigenvalue weighted by Crippen LogP contribution is -1.78. The number of fused-ring (bicyclic) bond motifs is 1. The first-order chi connectivity index (χ1) is 6.31. The van der Waals surface area contributed by atoms with Gasteiger partial charge in [0.15, 0.2) is 11.4 Å². The number of hydrogen-bond donors (Lipinski definition) is 0. The Labute approximate surface area is 83.7 Å². The molecule has 0 radical (unpaired) electrons. The molecule has 68 valence electrons. The fraction of sp³-hybridized carbons (Fsp3) is 0.200. The number of para-hydroxylation sites is 1. The zero-order valence-electron chi connectivity index (χ0n) is 6.89. The van der Waals surface area contributed by atoms with E-state index in [0.717, 1.165) is 22.9 Å². The summed E-state index contributed by atoms with van der Waals surface area (Å²) in [5, 5.41) is 1.66. The molecular weight excluding hydrogens is 235 g/mol. The molecule has 13 heavy (non-hydrogen) atoms. The van der Waals surface area contributed by atoms with Crippen LogP contribution in [0, 0.1) is 5.82 Å². The van der Waals surface area contributed by atoms with Crippen LogP contribution in [0.15, 0.2) is 28.7 Å². The molecule has 0 amide bonds. The Morgan fingerprint density at radius 3 is 2.92 bits per heavy atom. The van der Waals surface area contributed by atoms with Gasteiger partial charge in [-0.3, -0.25) is 0 Å². The number of rotatable bonds is 2. The maximum absolute atomic E-state index is 13.1. The molecule has 1 aromatic heterocycles. The maximum Gasteiger partial charge on any atom is 0.169 e. The minimum absolute atomic E-state index is 0.293. The Morgan fingerprint density at radius 1 is 1.38 bits per heavy atom. The summed E-state index contributed by atoms with van der Waals surface area (Å²) in [6, 6.07) is 6.81. The number of furan rings is 1. The quantitative estimate of drug-likeness (QED) is 0.735. The van der Waals surface area contributed by atoms with E-state index in [9.17, 15) is 4.39 Å². The van der Waals surface area contributed by atoms with Crippen molar-refractivity contribution in [2.24, 2.45) is 0 Å². The molecule has 0 saturated heterocycles. The molecule has 0 aliphatic heterocycles. The van der Waals surface area contributed by atoms with Crippen LogP contribution in [0.1, 0.15) is 5.76 Å². The molecular formula is C10H8BrFO. The van der Waals surface area contributed by atoms with Gasteiger partial charge in [-0.05, 0) is 12.1 Å². The first-order valence-corrected chi connectivity index (χ1v) is 5.16. The van der Waals surface area contributed by atoms with Crippen LogP contribution < -0.4 is 0 Å². The predicted molar refractivity (Wildman–Crippen MR) is 53.7 cm³/mol. The van der Waals surface area contributed by atoms with Gasteiger partial charge >= 0.3 is 0 Å². The second kappa shape index (κ2) is 3.50. The summed E-state index contributed by atoms with van der Waals surface area (Å²) in [7, 11) is 0. The van der Waals surface area contributed by atoms with E-state index >= 15 is 0 Å². The van der Waals surface area contributed by atoms with Gasteiger partial charge in [-0.1, -0.05) is 28.1 Å². The fourth-order valence-corrected chi connectivity index (χ4v) is 1.69. The fourth-order valence-electron chi connectivity index (χ4n) is 1.30. The average molecular weight is 243 g/mol. The molecule has 0 N–H and O–H groups in total. The van der Waals surface area contributed by atoms with Crippen molar-refractivity contribution in [3.63, 3.8) is 0 Å². The van der Waals surface area contributed by atoms with Crippen LogP contribution in [0.25, 0.3) is 11.0 Å². The summed E-state index contributed by atoms with van der Waals surface area (Å²) >= 11 is 3.31. The summed E-state index contributed by atoms with van der Waals surface area (Å²) < 4.78 is 18.5. The van der Waals surface area contributed by atoms with E-state index < -0.39 is 0 Å². The molecule has 0 bridgehead atoms. The standard InChI is InChI=1S/C10H8BrFO/c11-5-4-8-6-7-2-1-3-9(12)10(7)13-8/h1-3,6H,4-5H2. The maximum atomic E-state index is 13.1. The highest BCUT2D eigenvalue weighted by Gasteiger charge is 2.06. The van der Waals surface area contributed by atoms with Gasteiger partial charge in [-0.2, -0.15) is 0 Å². The van der Waals surface area contributed by atoms with E-state index in [1.807, 2.05) is 12.1 Å². The Hall–Kier alpha value is -0.830. The van der Waals surface area contributed by atoms with Crippen LogP contribution in [-0.4, -0.2) is 5.33 Å². The van der Waals surface area contributed by atoms with E-state index in [-0.39, 0.29) is 5.82 Å². The van der Waals surface area contributed by atoms with E-state index in [2.05, 4.69) is 15.9 Å². The zero-order valence-corrected chi connectivity index (χ0v) is 8.47. The SMILES string of the molecule is Fc1cccc2cc(CCBr)oc12. The van der Waals surface area contributed by atoms with Crippen molar-refractivity contribution in [2.75, 3.05) is 5.33 Å². The van der Waals surface area contributed by atoms with E-state index in [1.54, 1.807) is 6.07 Å². The summed E-state index contributed by atoms with van der Waals surface area (Å²) in [6.45, 7) is 0. The molecule has 0 aliphatic rings. The van der Waals surface area contributed by atoms with E-state index in [1.165, 1.54) is 6.07 Å². The van der Waals surface area contributed by atoms with Gasteiger partial charge in [0, 0.05) is 17.1 Å². The van der Waals surface area contributed by atoms with Gasteiger partial charge < -0.3 is 4.42 Å². The van der Waals surface area contributed by atoms with Crippen LogP contribution in [0.2, 0.25) is 0 Å². The van der Waals surface area contributed by atoms with Crippen molar-refractivity contribution in [2.45, 2.75) is 6.42 Å². The topological polar surface area (TPSA) is 13.1 Å². The van der Waals surface area contributed by atoms with Crippen molar-refractivity contribution in [1.29, 1.82) is 0 Å².